The van der Waals surface area contributed by atoms with Gasteiger partial charge in [-0.2, -0.15) is 5.10 Å². The zero-order valence-corrected chi connectivity index (χ0v) is 13.6. The van der Waals surface area contributed by atoms with Crippen LogP contribution in [0.2, 0.25) is 0 Å². The highest BCUT2D eigenvalue weighted by atomic mass is 32.1. The van der Waals surface area contributed by atoms with Crippen molar-refractivity contribution in [3.05, 3.63) is 41.1 Å². The zero-order valence-electron chi connectivity index (χ0n) is 12.8. The summed E-state index contributed by atoms with van der Waals surface area (Å²) in [5, 5.41) is 4.41. The van der Waals surface area contributed by atoms with Crippen molar-refractivity contribution in [1.29, 1.82) is 0 Å². The molecule has 2 rings (SSSR count). The van der Waals surface area contributed by atoms with Crippen molar-refractivity contribution >= 4 is 23.0 Å². The fourth-order valence-electron chi connectivity index (χ4n) is 2.45. The van der Waals surface area contributed by atoms with Crippen LogP contribution in [0, 0.1) is 6.92 Å². The smallest absolute Gasteiger partial charge is 0.137 e. The Bertz CT molecular complexity index is 648. The Labute approximate surface area is 130 Å². The van der Waals surface area contributed by atoms with Crippen LogP contribution in [0.1, 0.15) is 16.8 Å². The minimum absolute atomic E-state index is 0.372. The summed E-state index contributed by atoms with van der Waals surface area (Å²) in [5.41, 5.74) is 8.69. The summed E-state index contributed by atoms with van der Waals surface area (Å²) < 4.78 is 6.98. The van der Waals surface area contributed by atoms with E-state index in [2.05, 4.69) is 10.00 Å². The number of nitrogens with two attached hydrogens (primary N) is 1. The van der Waals surface area contributed by atoms with Gasteiger partial charge in [-0.05, 0) is 24.6 Å². The molecule has 6 heteroatoms. The average molecular weight is 304 g/mol. The van der Waals surface area contributed by atoms with E-state index in [1.54, 1.807) is 7.11 Å². The van der Waals surface area contributed by atoms with Crippen LogP contribution >= 0.6 is 12.2 Å². The number of anilines is 1. The van der Waals surface area contributed by atoms with Crippen molar-refractivity contribution in [3.63, 3.8) is 0 Å². The Morgan fingerprint density at radius 1 is 1.38 bits per heavy atom. The first kappa shape index (κ1) is 15.3. The summed E-state index contributed by atoms with van der Waals surface area (Å²) in [4.78, 5) is 2.47. The van der Waals surface area contributed by atoms with Crippen LogP contribution in [-0.2, 0) is 13.6 Å². The molecule has 5 nitrogen and oxygen atoms in total. The first-order chi connectivity index (χ1) is 9.93. The second kappa shape index (κ2) is 6.13. The first-order valence-electron chi connectivity index (χ1n) is 6.61. The van der Waals surface area contributed by atoms with Crippen LogP contribution in [0.3, 0.4) is 0 Å². The number of benzene rings is 1. The molecule has 0 aliphatic carbocycles. The normalized spacial score (nSPS) is 10.5. The maximum atomic E-state index is 5.83. The summed E-state index contributed by atoms with van der Waals surface area (Å²) in [7, 11) is 5.56. The lowest BCUT2D eigenvalue weighted by Gasteiger charge is -2.21. The minimum Gasteiger partial charge on any atom is -0.497 e. The predicted octanol–water partition coefficient (Wildman–Crippen LogP) is 2.01. The van der Waals surface area contributed by atoms with E-state index < -0.39 is 0 Å². The number of thiocarbonyl (C=S) groups is 1. The molecule has 0 spiro atoms. The maximum Gasteiger partial charge on any atom is 0.137 e. The van der Waals surface area contributed by atoms with Gasteiger partial charge in [0.2, 0.25) is 0 Å². The molecule has 0 atom stereocenters. The van der Waals surface area contributed by atoms with Gasteiger partial charge in [-0.25, -0.2) is 0 Å². The molecular weight excluding hydrogens is 284 g/mol. The largest absolute Gasteiger partial charge is 0.497 e. The summed E-state index contributed by atoms with van der Waals surface area (Å²) in [6.45, 7) is 2.65. The molecule has 0 aliphatic heterocycles. The molecule has 0 aliphatic rings. The Kier molecular flexibility index (Phi) is 4.47. The van der Waals surface area contributed by atoms with Crippen molar-refractivity contribution < 1.29 is 4.74 Å². The quantitative estimate of drug-likeness (QED) is 0.856. The Hall–Kier alpha value is -2.08. The number of nitrogens with zero attached hydrogens (tertiary/aromatic N) is 3. The SMILES string of the molecule is COc1ccc(CN(C)c2c(C(N)=S)c(C)nn2C)cc1. The summed E-state index contributed by atoms with van der Waals surface area (Å²) in [6, 6.07) is 7.98. The van der Waals surface area contributed by atoms with Gasteiger partial charge in [0.15, 0.2) is 0 Å². The van der Waals surface area contributed by atoms with Crippen molar-refractivity contribution in [1.82, 2.24) is 9.78 Å². The third-order valence-corrected chi connectivity index (χ3v) is 3.58. The number of rotatable bonds is 5. The highest BCUT2D eigenvalue weighted by Gasteiger charge is 2.19. The van der Waals surface area contributed by atoms with Crippen molar-refractivity contribution in [2.75, 3.05) is 19.1 Å². The van der Waals surface area contributed by atoms with Crippen LogP contribution < -0.4 is 15.4 Å². The van der Waals surface area contributed by atoms with Crippen LogP contribution in [-0.4, -0.2) is 28.9 Å². The van der Waals surface area contributed by atoms with E-state index in [1.807, 2.05) is 50.0 Å². The van der Waals surface area contributed by atoms with Crippen molar-refractivity contribution in [2.45, 2.75) is 13.5 Å². The van der Waals surface area contributed by atoms with Crippen LogP contribution in [0.4, 0.5) is 5.82 Å². The molecular formula is C15H20N4OS. The lowest BCUT2D eigenvalue weighted by molar-refractivity contribution is 0.414. The van der Waals surface area contributed by atoms with E-state index in [0.717, 1.165) is 29.4 Å². The van der Waals surface area contributed by atoms with E-state index in [9.17, 15) is 0 Å². The van der Waals surface area contributed by atoms with Crippen molar-refractivity contribution in [2.24, 2.45) is 12.8 Å². The third-order valence-electron chi connectivity index (χ3n) is 3.38. The molecule has 0 bridgehead atoms. The first-order valence-corrected chi connectivity index (χ1v) is 7.02. The molecule has 0 saturated carbocycles. The molecule has 21 heavy (non-hydrogen) atoms. The van der Waals surface area contributed by atoms with Gasteiger partial charge < -0.3 is 15.4 Å². The highest BCUT2D eigenvalue weighted by molar-refractivity contribution is 7.80. The molecule has 1 aromatic heterocycles. The zero-order chi connectivity index (χ0) is 15.6. The number of hydrogen-bond donors (Lipinski definition) is 1. The molecule has 1 heterocycles. The van der Waals surface area contributed by atoms with Crippen LogP contribution in [0.25, 0.3) is 0 Å². The summed E-state index contributed by atoms with van der Waals surface area (Å²) in [6.07, 6.45) is 0. The van der Waals surface area contributed by atoms with Gasteiger partial charge in [-0.15, -0.1) is 0 Å². The standard InChI is InChI=1S/C15H20N4OS/c1-10-13(14(16)21)15(19(3)17-10)18(2)9-11-5-7-12(20-4)8-6-11/h5-8H,9H2,1-4H3,(H2,16,21). The number of hydrogen-bond acceptors (Lipinski definition) is 4. The van der Waals surface area contributed by atoms with Crippen LogP contribution in [0.5, 0.6) is 5.75 Å². The van der Waals surface area contributed by atoms with E-state index in [-0.39, 0.29) is 0 Å². The minimum atomic E-state index is 0.372. The number of aromatic nitrogens is 2. The van der Waals surface area contributed by atoms with E-state index >= 15 is 0 Å². The fraction of sp³-hybridized carbons (Fsp3) is 0.333. The number of methoxy groups -OCH3 is 1. The lowest BCUT2D eigenvalue weighted by Crippen LogP contribution is -2.23. The Morgan fingerprint density at radius 3 is 2.52 bits per heavy atom. The van der Waals surface area contributed by atoms with Crippen LogP contribution in [0.15, 0.2) is 24.3 Å². The summed E-state index contributed by atoms with van der Waals surface area (Å²) in [5.74, 6) is 1.78. The predicted molar refractivity (Wildman–Crippen MR) is 88.9 cm³/mol. The second-order valence-corrected chi connectivity index (χ2v) is 5.42. The van der Waals surface area contributed by atoms with Gasteiger partial charge >= 0.3 is 0 Å². The van der Waals surface area contributed by atoms with Gasteiger partial charge in [0.1, 0.15) is 16.6 Å². The highest BCUT2D eigenvalue weighted by Crippen LogP contribution is 2.24. The fourth-order valence-corrected chi connectivity index (χ4v) is 2.69. The molecule has 1 aromatic carbocycles. The second-order valence-electron chi connectivity index (χ2n) is 4.98. The van der Waals surface area contributed by atoms with Gasteiger partial charge in [-0.3, -0.25) is 4.68 Å². The topological polar surface area (TPSA) is 56.3 Å². The molecule has 0 unspecified atom stereocenters. The Morgan fingerprint density at radius 2 is 2.00 bits per heavy atom. The maximum absolute atomic E-state index is 5.83. The van der Waals surface area contributed by atoms with E-state index in [1.165, 1.54) is 5.56 Å². The lowest BCUT2D eigenvalue weighted by atomic mass is 10.2. The van der Waals surface area contributed by atoms with Gasteiger partial charge in [0, 0.05) is 20.6 Å². The molecule has 0 radical (unpaired) electrons. The molecule has 0 fully saturated rings. The van der Waals surface area contributed by atoms with Gasteiger partial charge in [0.25, 0.3) is 0 Å². The van der Waals surface area contributed by atoms with E-state index in [0.29, 0.717) is 4.99 Å². The van der Waals surface area contributed by atoms with E-state index in [4.69, 9.17) is 22.7 Å². The summed E-state index contributed by atoms with van der Waals surface area (Å²) >= 11 is 5.15. The molecule has 2 aromatic rings. The number of aryl methyl sites for hydroxylation is 2. The van der Waals surface area contributed by atoms with Crippen molar-refractivity contribution in [3.8, 4) is 5.75 Å². The Balaban J connectivity index is 2.27. The molecule has 0 amide bonds. The number of ether oxygens (including phenoxy) is 1. The molecule has 2 N–H and O–H groups in total. The van der Waals surface area contributed by atoms with Gasteiger partial charge in [-0.1, -0.05) is 24.4 Å². The monoisotopic (exact) mass is 304 g/mol. The average Bonchev–Trinajstić information content (AvgIpc) is 2.74. The van der Waals surface area contributed by atoms with Gasteiger partial charge in [0.05, 0.1) is 18.4 Å². The molecule has 112 valence electrons. The molecule has 0 saturated heterocycles. The third kappa shape index (κ3) is 3.16.